The van der Waals surface area contributed by atoms with Crippen LogP contribution in [0, 0.1) is 0 Å². The maximum absolute atomic E-state index is 11.7. The summed E-state index contributed by atoms with van der Waals surface area (Å²) in [6, 6.07) is 5.92. The van der Waals surface area contributed by atoms with E-state index in [-0.39, 0.29) is 12.0 Å². The van der Waals surface area contributed by atoms with Crippen LogP contribution in [0.4, 0.5) is 5.69 Å². The molecule has 2 aliphatic heterocycles. The van der Waals surface area contributed by atoms with Gasteiger partial charge in [0.25, 0.3) is 0 Å². The first-order chi connectivity index (χ1) is 8.75. The molecular weight excluding hydrogens is 228 g/mol. The van der Waals surface area contributed by atoms with E-state index in [0.29, 0.717) is 6.42 Å². The van der Waals surface area contributed by atoms with Crippen LogP contribution in [0.2, 0.25) is 0 Å². The molecule has 1 saturated heterocycles. The minimum Gasteiger partial charge on any atom is -0.490 e. The zero-order valence-corrected chi connectivity index (χ0v) is 10.6. The van der Waals surface area contributed by atoms with Gasteiger partial charge in [0.2, 0.25) is 5.91 Å². The highest BCUT2D eigenvalue weighted by Gasteiger charge is 2.28. The molecule has 4 nitrogen and oxygen atoms in total. The molecule has 1 aromatic rings. The second-order valence-electron chi connectivity index (χ2n) is 4.95. The van der Waals surface area contributed by atoms with E-state index in [1.807, 2.05) is 25.2 Å². The summed E-state index contributed by atoms with van der Waals surface area (Å²) in [6.45, 7) is 2.02. The summed E-state index contributed by atoms with van der Waals surface area (Å²) in [6.07, 6.45) is 2.81. The lowest BCUT2D eigenvalue weighted by molar-refractivity contribution is -0.117. The van der Waals surface area contributed by atoms with Gasteiger partial charge < -0.3 is 15.0 Å². The Morgan fingerprint density at radius 1 is 1.33 bits per heavy atom. The van der Waals surface area contributed by atoms with Gasteiger partial charge in [0.15, 0.2) is 0 Å². The lowest BCUT2D eigenvalue weighted by Gasteiger charge is -2.24. The van der Waals surface area contributed by atoms with Crippen molar-refractivity contribution in [3.05, 3.63) is 23.8 Å². The minimum atomic E-state index is 0.145. The number of likely N-dealkylation sites (N-methyl/N-ethyl adjacent to an activating group) is 1. The first-order valence-electron chi connectivity index (χ1n) is 6.51. The van der Waals surface area contributed by atoms with Crippen LogP contribution in [0.1, 0.15) is 18.4 Å². The minimum absolute atomic E-state index is 0.145. The average molecular weight is 246 g/mol. The molecule has 2 heterocycles. The van der Waals surface area contributed by atoms with E-state index in [1.165, 1.54) is 0 Å². The van der Waals surface area contributed by atoms with Crippen LogP contribution in [0.3, 0.4) is 0 Å². The van der Waals surface area contributed by atoms with Gasteiger partial charge in [-0.3, -0.25) is 4.79 Å². The van der Waals surface area contributed by atoms with Gasteiger partial charge in [0.1, 0.15) is 11.9 Å². The molecule has 0 saturated carbocycles. The molecule has 0 aromatic heterocycles. The van der Waals surface area contributed by atoms with Crippen molar-refractivity contribution >= 4 is 11.6 Å². The normalized spacial score (nSPS) is 20.1. The molecule has 4 heteroatoms. The average Bonchev–Trinajstić information content (AvgIpc) is 2.69. The van der Waals surface area contributed by atoms with Crippen molar-refractivity contribution in [2.45, 2.75) is 25.4 Å². The van der Waals surface area contributed by atoms with Crippen molar-refractivity contribution in [3.8, 4) is 5.75 Å². The van der Waals surface area contributed by atoms with Crippen LogP contribution < -0.4 is 15.0 Å². The smallest absolute Gasteiger partial charge is 0.231 e. The number of benzene rings is 1. The predicted molar refractivity (Wildman–Crippen MR) is 70.1 cm³/mol. The van der Waals surface area contributed by atoms with E-state index in [4.69, 9.17) is 4.74 Å². The molecule has 18 heavy (non-hydrogen) atoms. The van der Waals surface area contributed by atoms with Gasteiger partial charge in [0, 0.05) is 12.6 Å². The first kappa shape index (κ1) is 11.5. The molecule has 0 atom stereocenters. The fourth-order valence-electron chi connectivity index (χ4n) is 2.65. The Bertz CT molecular complexity index is 467. The van der Waals surface area contributed by atoms with E-state index < -0.39 is 0 Å². The highest BCUT2D eigenvalue weighted by atomic mass is 16.5. The summed E-state index contributed by atoms with van der Waals surface area (Å²) in [4.78, 5) is 13.4. The Balaban J connectivity index is 1.83. The maximum atomic E-state index is 11.7. The van der Waals surface area contributed by atoms with Crippen molar-refractivity contribution in [3.63, 3.8) is 0 Å². The zero-order chi connectivity index (χ0) is 12.5. The monoisotopic (exact) mass is 246 g/mol. The largest absolute Gasteiger partial charge is 0.490 e. The molecule has 2 aliphatic rings. The van der Waals surface area contributed by atoms with Crippen molar-refractivity contribution < 1.29 is 9.53 Å². The van der Waals surface area contributed by atoms with Crippen molar-refractivity contribution in [1.29, 1.82) is 0 Å². The van der Waals surface area contributed by atoms with E-state index >= 15 is 0 Å². The molecule has 0 unspecified atom stereocenters. The number of nitrogens with one attached hydrogen (secondary N) is 1. The molecule has 0 spiro atoms. The van der Waals surface area contributed by atoms with E-state index in [2.05, 4.69) is 5.32 Å². The second kappa shape index (κ2) is 4.61. The number of nitrogens with zero attached hydrogens (tertiary/aromatic N) is 1. The molecule has 0 aliphatic carbocycles. The summed E-state index contributed by atoms with van der Waals surface area (Å²) in [5.74, 6) is 1.03. The third kappa shape index (κ3) is 1.97. The molecule has 96 valence electrons. The molecule has 3 rings (SSSR count). The van der Waals surface area contributed by atoms with Gasteiger partial charge in [-0.2, -0.15) is 0 Å². The van der Waals surface area contributed by atoms with Crippen molar-refractivity contribution in [2.24, 2.45) is 0 Å². The second-order valence-corrected chi connectivity index (χ2v) is 4.95. The lowest BCUT2D eigenvalue weighted by atomic mass is 10.1. The summed E-state index contributed by atoms with van der Waals surface area (Å²) in [5, 5.41) is 3.32. The highest BCUT2D eigenvalue weighted by Crippen LogP contribution is 2.35. The predicted octanol–water partition coefficient (Wildman–Crippen LogP) is 1.34. The number of rotatable bonds is 2. The van der Waals surface area contributed by atoms with Crippen LogP contribution in [-0.4, -0.2) is 32.1 Å². The molecule has 0 radical (unpaired) electrons. The van der Waals surface area contributed by atoms with Crippen LogP contribution in [0.15, 0.2) is 18.2 Å². The van der Waals surface area contributed by atoms with Crippen LogP contribution in [0.5, 0.6) is 5.75 Å². The summed E-state index contributed by atoms with van der Waals surface area (Å²) in [7, 11) is 1.82. The van der Waals surface area contributed by atoms with E-state index in [9.17, 15) is 4.79 Å². The fourth-order valence-corrected chi connectivity index (χ4v) is 2.65. The SMILES string of the molecule is CN1C(=O)Cc2c(OC3CCNCC3)cccc21. The maximum Gasteiger partial charge on any atom is 0.231 e. The van der Waals surface area contributed by atoms with E-state index in [0.717, 1.165) is 42.9 Å². The molecule has 1 aromatic carbocycles. The summed E-state index contributed by atoms with van der Waals surface area (Å²) >= 11 is 0. The third-order valence-corrected chi connectivity index (χ3v) is 3.75. The van der Waals surface area contributed by atoms with Crippen LogP contribution >= 0.6 is 0 Å². The topological polar surface area (TPSA) is 41.6 Å². The van der Waals surface area contributed by atoms with Gasteiger partial charge in [0.05, 0.1) is 12.1 Å². The number of carbonyl (C=O) groups is 1. The Morgan fingerprint density at radius 3 is 2.89 bits per heavy atom. The van der Waals surface area contributed by atoms with Gasteiger partial charge in [-0.1, -0.05) is 6.07 Å². The summed E-state index contributed by atoms with van der Waals surface area (Å²) in [5.41, 5.74) is 2.04. The number of ether oxygens (including phenoxy) is 1. The Labute approximate surface area is 107 Å². The molecule has 1 N–H and O–H groups in total. The van der Waals surface area contributed by atoms with Crippen LogP contribution in [0.25, 0.3) is 0 Å². The Morgan fingerprint density at radius 2 is 2.11 bits per heavy atom. The van der Waals surface area contributed by atoms with Gasteiger partial charge in [-0.15, -0.1) is 0 Å². The van der Waals surface area contributed by atoms with Crippen molar-refractivity contribution in [2.75, 3.05) is 25.0 Å². The third-order valence-electron chi connectivity index (χ3n) is 3.75. The molecular formula is C14H18N2O2. The first-order valence-corrected chi connectivity index (χ1v) is 6.51. The lowest BCUT2D eigenvalue weighted by Crippen LogP contribution is -2.34. The van der Waals surface area contributed by atoms with Gasteiger partial charge >= 0.3 is 0 Å². The summed E-state index contributed by atoms with van der Waals surface area (Å²) < 4.78 is 6.08. The van der Waals surface area contributed by atoms with E-state index in [1.54, 1.807) is 4.90 Å². The number of carbonyl (C=O) groups excluding carboxylic acids is 1. The Kier molecular flexibility index (Phi) is 2.96. The molecule has 1 fully saturated rings. The number of piperidine rings is 1. The molecule has 1 amide bonds. The number of hydrogen-bond acceptors (Lipinski definition) is 3. The van der Waals surface area contributed by atoms with Gasteiger partial charge in [-0.25, -0.2) is 0 Å². The Hall–Kier alpha value is -1.55. The highest BCUT2D eigenvalue weighted by molar-refractivity contribution is 6.01. The van der Waals surface area contributed by atoms with Crippen LogP contribution in [-0.2, 0) is 11.2 Å². The fraction of sp³-hybridized carbons (Fsp3) is 0.500. The molecule has 0 bridgehead atoms. The van der Waals surface area contributed by atoms with Gasteiger partial charge in [-0.05, 0) is 38.1 Å². The standard InChI is InChI=1S/C14H18N2O2/c1-16-12-3-2-4-13(11(12)9-14(16)17)18-10-5-7-15-8-6-10/h2-4,10,15H,5-9H2,1H3. The number of hydrogen-bond donors (Lipinski definition) is 1. The number of fused-ring (bicyclic) bond motifs is 1. The number of anilines is 1. The van der Waals surface area contributed by atoms with Crippen molar-refractivity contribution in [1.82, 2.24) is 5.32 Å². The zero-order valence-electron chi connectivity index (χ0n) is 10.6. The number of amides is 1. The quantitative estimate of drug-likeness (QED) is 0.856.